The first-order valence-electron chi connectivity index (χ1n) is 10.1. The summed E-state index contributed by atoms with van der Waals surface area (Å²) < 4.78 is 8.27. The number of ether oxygens (including phenoxy) is 1. The van der Waals surface area contributed by atoms with Gasteiger partial charge in [-0.1, -0.05) is 39.8 Å². The zero-order valence-electron chi connectivity index (χ0n) is 17.7. The molecular formula is C24H25N5O. The van der Waals surface area contributed by atoms with Gasteiger partial charge in [-0.25, -0.2) is 9.97 Å². The van der Waals surface area contributed by atoms with Crippen LogP contribution in [0.3, 0.4) is 0 Å². The quantitative estimate of drug-likeness (QED) is 0.471. The number of nitrogens with zero attached hydrogens (tertiary/aromatic N) is 4. The molecule has 0 aliphatic rings. The van der Waals surface area contributed by atoms with Crippen molar-refractivity contribution in [3.8, 4) is 17.6 Å². The van der Waals surface area contributed by atoms with Gasteiger partial charge in [-0.2, -0.15) is 5.26 Å². The Morgan fingerprint density at radius 1 is 1.17 bits per heavy atom. The second-order valence-corrected chi connectivity index (χ2v) is 8.26. The molecule has 0 unspecified atom stereocenters. The Hall–Kier alpha value is -3.59. The fraction of sp³-hybridized carbons (Fsp3) is 0.292. The van der Waals surface area contributed by atoms with E-state index in [1.54, 1.807) is 12.1 Å². The molecule has 6 nitrogen and oxygen atoms in total. The fourth-order valence-electron chi connectivity index (χ4n) is 3.80. The summed E-state index contributed by atoms with van der Waals surface area (Å²) in [7, 11) is 0. The molecule has 0 saturated carbocycles. The Labute approximate surface area is 175 Å². The summed E-state index contributed by atoms with van der Waals surface area (Å²) in [5, 5.41) is 10.4. The van der Waals surface area contributed by atoms with E-state index < -0.39 is 0 Å². The van der Waals surface area contributed by atoms with Crippen LogP contribution in [-0.4, -0.2) is 14.5 Å². The van der Waals surface area contributed by atoms with Crippen molar-refractivity contribution in [1.29, 1.82) is 5.26 Å². The largest absolute Gasteiger partial charge is 0.456 e. The van der Waals surface area contributed by atoms with E-state index in [9.17, 15) is 5.26 Å². The lowest BCUT2D eigenvalue weighted by Crippen LogP contribution is -2.05. The number of anilines is 1. The first kappa shape index (κ1) is 19.7. The van der Waals surface area contributed by atoms with E-state index in [2.05, 4.69) is 48.3 Å². The predicted molar refractivity (Wildman–Crippen MR) is 120 cm³/mol. The van der Waals surface area contributed by atoms with Gasteiger partial charge in [-0.05, 0) is 35.6 Å². The first-order valence-corrected chi connectivity index (χ1v) is 10.1. The maximum atomic E-state index is 9.38. The van der Waals surface area contributed by atoms with E-state index in [0.29, 0.717) is 28.8 Å². The van der Waals surface area contributed by atoms with Crippen LogP contribution in [0.15, 0.2) is 42.7 Å². The molecule has 4 aromatic rings. The lowest BCUT2D eigenvalue weighted by Gasteiger charge is -2.17. The molecule has 0 aliphatic carbocycles. The van der Waals surface area contributed by atoms with Gasteiger partial charge in [0.05, 0.1) is 22.9 Å². The van der Waals surface area contributed by atoms with Crippen molar-refractivity contribution in [3.05, 3.63) is 53.9 Å². The average Bonchev–Trinajstić information content (AvgIpc) is 3.11. The number of nitrogens with two attached hydrogens (primary N) is 1. The summed E-state index contributed by atoms with van der Waals surface area (Å²) in [6, 6.07) is 13.3. The van der Waals surface area contributed by atoms with Crippen LogP contribution in [-0.2, 0) is 6.54 Å². The van der Waals surface area contributed by atoms with Gasteiger partial charge in [-0.3, -0.25) is 0 Å². The van der Waals surface area contributed by atoms with E-state index >= 15 is 0 Å². The molecule has 6 heteroatoms. The topological polar surface area (TPSA) is 89.8 Å². The maximum absolute atomic E-state index is 9.38. The standard InChI is InChI=1S/C24H25N5O/c1-14(2)12-29-13-27-22-23(29)21-18(15(3)4)9-17(10-19(21)28-24(22)26)30-20-8-6-5-7-16(20)11-25/h5-10,13-15H,12H2,1-4H3,(H2,26,28). The Kier molecular flexibility index (Phi) is 5.04. The van der Waals surface area contributed by atoms with Crippen molar-refractivity contribution in [2.45, 2.75) is 40.2 Å². The highest BCUT2D eigenvalue weighted by Crippen LogP contribution is 2.37. The van der Waals surface area contributed by atoms with Crippen molar-refractivity contribution >= 4 is 27.8 Å². The number of benzene rings is 2. The molecule has 0 bridgehead atoms. The van der Waals surface area contributed by atoms with Crippen molar-refractivity contribution in [1.82, 2.24) is 14.5 Å². The highest BCUT2D eigenvalue weighted by Gasteiger charge is 2.19. The summed E-state index contributed by atoms with van der Waals surface area (Å²) >= 11 is 0. The fourth-order valence-corrected chi connectivity index (χ4v) is 3.80. The minimum Gasteiger partial charge on any atom is -0.456 e. The lowest BCUT2D eigenvalue weighted by atomic mass is 9.96. The molecular weight excluding hydrogens is 374 g/mol. The van der Waals surface area contributed by atoms with Crippen LogP contribution < -0.4 is 10.5 Å². The molecule has 0 amide bonds. The Morgan fingerprint density at radius 3 is 2.63 bits per heavy atom. The van der Waals surface area contributed by atoms with Crippen LogP contribution in [0.25, 0.3) is 21.9 Å². The monoisotopic (exact) mass is 399 g/mol. The molecule has 0 saturated heterocycles. The second kappa shape index (κ2) is 7.68. The number of aromatic nitrogens is 3. The number of hydrogen-bond donors (Lipinski definition) is 1. The SMILES string of the molecule is CC(C)Cn1cnc2c(N)nc3cc(Oc4ccccc4C#N)cc(C(C)C)c3c21. The third kappa shape index (κ3) is 3.43. The van der Waals surface area contributed by atoms with E-state index in [1.807, 2.05) is 30.6 Å². The number of para-hydroxylation sites is 1. The lowest BCUT2D eigenvalue weighted by molar-refractivity contribution is 0.481. The number of fused-ring (bicyclic) bond motifs is 3. The molecule has 2 aromatic carbocycles. The summed E-state index contributed by atoms with van der Waals surface area (Å²) in [5.74, 6) is 2.27. The zero-order valence-corrected chi connectivity index (χ0v) is 17.7. The van der Waals surface area contributed by atoms with E-state index in [-0.39, 0.29) is 5.92 Å². The third-order valence-corrected chi connectivity index (χ3v) is 5.10. The highest BCUT2D eigenvalue weighted by molar-refractivity contribution is 6.08. The molecule has 0 radical (unpaired) electrons. The molecule has 0 aliphatic heterocycles. The van der Waals surface area contributed by atoms with Gasteiger partial charge in [0, 0.05) is 18.0 Å². The van der Waals surface area contributed by atoms with Gasteiger partial charge < -0.3 is 15.0 Å². The number of nitriles is 1. The molecule has 152 valence electrons. The van der Waals surface area contributed by atoms with Gasteiger partial charge in [0.1, 0.15) is 23.1 Å². The normalized spacial score (nSPS) is 11.5. The zero-order chi connectivity index (χ0) is 21.4. The highest BCUT2D eigenvalue weighted by atomic mass is 16.5. The minimum atomic E-state index is 0.235. The second-order valence-electron chi connectivity index (χ2n) is 8.26. The van der Waals surface area contributed by atoms with Gasteiger partial charge in [0.2, 0.25) is 0 Å². The number of nitrogen functional groups attached to an aromatic ring is 1. The van der Waals surface area contributed by atoms with Crippen LogP contribution in [0, 0.1) is 17.2 Å². The molecule has 4 rings (SSSR count). The molecule has 0 spiro atoms. The van der Waals surface area contributed by atoms with Crippen LogP contribution in [0.5, 0.6) is 11.5 Å². The van der Waals surface area contributed by atoms with Crippen molar-refractivity contribution < 1.29 is 4.74 Å². The van der Waals surface area contributed by atoms with E-state index in [4.69, 9.17) is 10.5 Å². The Morgan fingerprint density at radius 2 is 1.93 bits per heavy atom. The van der Waals surface area contributed by atoms with Crippen LogP contribution in [0.2, 0.25) is 0 Å². The van der Waals surface area contributed by atoms with Crippen molar-refractivity contribution in [3.63, 3.8) is 0 Å². The predicted octanol–water partition coefficient (Wildman–Crippen LogP) is 5.61. The molecule has 2 heterocycles. The van der Waals surface area contributed by atoms with Crippen molar-refractivity contribution in [2.75, 3.05) is 5.73 Å². The first-order chi connectivity index (χ1) is 14.4. The Bertz CT molecular complexity index is 1280. The third-order valence-electron chi connectivity index (χ3n) is 5.10. The van der Waals surface area contributed by atoms with Crippen LogP contribution in [0.4, 0.5) is 5.82 Å². The number of rotatable bonds is 5. The van der Waals surface area contributed by atoms with Crippen LogP contribution in [0.1, 0.15) is 44.7 Å². The summed E-state index contributed by atoms with van der Waals surface area (Å²) in [4.78, 5) is 9.18. The molecule has 0 atom stereocenters. The van der Waals surface area contributed by atoms with Crippen molar-refractivity contribution in [2.24, 2.45) is 5.92 Å². The summed E-state index contributed by atoms with van der Waals surface area (Å²) in [6.07, 6.45) is 1.85. The minimum absolute atomic E-state index is 0.235. The summed E-state index contributed by atoms with van der Waals surface area (Å²) in [5.41, 5.74) is 10.4. The maximum Gasteiger partial charge on any atom is 0.152 e. The molecule has 2 aromatic heterocycles. The number of imidazole rings is 1. The van der Waals surface area contributed by atoms with Gasteiger partial charge in [-0.15, -0.1) is 0 Å². The molecule has 30 heavy (non-hydrogen) atoms. The van der Waals surface area contributed by atoms with Gasteiger partial charge in [0.15, 0.2) is 5.82 Å². The van der Waals surface area contributed by atoms with E-state index in [1.165, 1.54) is 0 Å². The Balaban J connectivity index is 1.97. The van der Waals surface area contributed by atoms with Gasteiger partial charge >= 0.3 is 0 Å². The molecule has 0 fully saturated rings. The summed E-state index contributed by atoms with van der Waals surface area (Å²) in [6.45, 7) is 9.50. The van der Waals surface area contributed by atoms with Crippen LogP contribution >= 0.6 is 0 Å². The van der Waals surface area contributed by atoms with E-state index in [0.717, 1.165) is 34.0 Å². The number of pyridine rings is 1. The molecule has 2 N–H and O–H groups in total. The number of hydrogen-bond acceptors (Lipinski definition) is 5. The average molecular weight is 399 g/mol. The van der Waals surface area contributed by atoms with Gasteiger partial charge in [0.25, 0.3) is 0 Å². The smallest absolute Gasteiger partial charge is 0.152 e.